The number of carbonyl (C=O) groups is 1. The fraction of sp³-hybridized carbons (Fsp3) is 0.133. The monoisotopic (exact) mass is 331 g/mol. The average molecular weight is 332 g/mol. The molecule has 0 atom stereocenters. The topological polar surface area (TPSA) is 29.1 Å². The predicted octanol–water partition coefficient (Wildman–Crippen LogP) is 4.68. The summed E-state index contributed by atoms with van der Waals surface area (Å²) < 4.78 is 51.9. The molecule has 0 saturated carbocycles. The second-order valence-electron chi connectivity index (χ2n) is 4.52. The molecule has 0 heterocycles. The number of hydrogen-bond donors (Lipinski definition) is 1. The Morgan fingerprint density at radius 1 is 1.14 bits per heavy atom. The van der Waals surface area contributed by atoms with E-state index in [1.807, 2.05) is 0 Å². The van der Waals surface area contributed by atoms with E-state index in [-0.39, 0.29) is 6.42 Å². The van der Waals surface area contributed by atoms with Crippen molar-refractivity contribution in [1.82, 2.24) is 0 Å². The maximum atomic E-state index is 13.0. The summed E-state index contributed by atoms with van der Waals surface area (Å²) >= 11 is 5.56. The third kappa shape index (κ3) is 3.98. The molecule has 0 aliphatic carbocycles. The number of anilines is 1. The highest BCUT2D eigenvalue weighted by Gasteiger charge is 2.36. The Balaban J connectivity index is 2.21. The first-order chi connectivity index (χ1) is 10.3. The Labute approximate surface area is 128 Å². The van der Waals surface area contributed by atoms with Crippen LogP contribution in [0.3, 0.4) is 0 Å². The zero-order valence-electron chi connectivity index (χ0n) is 11.0. The van der Waals surface area contributed by atoms with Crippen LogP contribution >= 0.6 is 11.6 Å². The van der Waals surface area contributed by atoms with E-state index < -0.39 is 34.2 Å². The molecule has 0 saturated heterocycles. The molecule has 22 heavy (non-hydrogen) atoms. The largest absolute Gasteiger partial charge is 0.419 e. The van der Waals surface area contributed by atoms with Crippen LogP contribution in [0.25, 0.3) is 0 Å². The number of rotatable bonds is 3. The van der Waals surface area contributed by atoms with Gasteiger partial charge in [-0.25, -0.2) is 4.39 Å². The summed E-state index contributed by atoms with van der Waals surface area (Å²) in [5, 5.41) is 1.66. The van der Waals surface area contributed by atoms with E-state index in [9.17, 15) is 22.4 Å². The number of carbonyl (C=O) groups excluding carboxylic acids is 1. The van der Waals surface area contributed by atoms with E-state index in [1.165, 1.54) is 24.3 Å². The van der Waals surface area contributed by atoms with Gasteiger partial charge in [0.1, 0.15) is 5.82 Å². The predicted molar refractivity (Wildman–Crippen MR) is 75.2 cm³/mol. The summed E-state index contributed by atoms with van der Waals surface area (Å²) in [6.07, 6.45) is -4.94. The highest BCUT2D eigenvalue weighted by molar-refractivity contribution is 6.32. The average Bonchev–Trinajstić information content (AvgIpc) is 2.36. The summed E-state index contributed by atoms with van der Waals surface area (Å²) in [7, 11) is 0. The summed E-state index contributed by atoms with van der Waals surface area (Å²) in [4.78, 5) is 11.8. The van der Waals surface area contributed by atoms with E-state index in [2.05, 4.69) is 5.32 Å². The molecule has 0 fully saturated rings. The lowest BCUT2D eigenvalue weighted by Gasteiger charge is -2.15. The van der Waals surface area contributed by atoms with Crippen molar-refractivity contribution in [2.75, 3.05) is 5.32 Å². The minimum Gasteiger partial charge on any atom is -0.325 e. The highest BCUT2D eigenvalue weighted by Crippen LogP contribution is 2.39. The second kappa shape index (κ2) is 6.36. The first-order valence-electron chi connectivity index (χ1n) is 6.17. The van der Waals surface area contributed by atoms with Crippen LogP contribution < -0.4 is 5.32 Å². The first kappa shape index (κ1) is 16.3. The van der Waals surface area contributed by atoms with Crippen molar-refractivity contribution < 1.29 is 22.4 Å². The van der Waals surface area contributed by atoms with Crippen LogP contribution in [0.4, 0.5) is 23.2 Å². The van der Waals surface area contributed by atoms with Gasteiger partial charge in [-0.3, -0.25) is 4.79 Å². The summed E-state index contributed by atoms with van der Waals surface area (Å²) in [5.41, 5.74) is -1.18. The van der Waals surface area contributed by atoms with Gasteiger partial charge in [0.15, 0.2) is 0 Å². The molecule has 2 aromatic carbocycles. The Bertz CT molecular complexity index is 700. The van der Waals surface area contributed by atoms with E-state index in [0.29, 0.717) is 5.56 Å². The van der Waals surface area contributed by atoms with Crippen molar-refractivity contribution in [2.45, 2.75) is 12.6 Å². The maximum Gasteiger partial charge on any atom is 0.419 e. The molecule has 0 aliphatic rings. The van der Waals surface area contributed by atoms with E-state index in [0.717, 1.165) is 18.2 Å². The number of halogens is 5. The highest BCUT2D eigenvalue weighted by atomic mass is 35.5. The number of amides is 1. The minimum atomic E-state index is -4.69. The van der Waals surface area contributed by atoms with Gasteiger partial charge >= 0.3 is 6.18 Å². The van der Waals surface area contributed by atoms with Crippen LogP contribution in [0.5, 0.6) is 0 Å². The quantitative estimate of drug-likeness (QED) is 0.813. The van der Waals surface area contributed by atoms with Crippen molar-refractivity contribution in [3.8, 4) is 0 Å². The van der Waals surface area contributed by atoms with Gasteiger partial charge in [0.2, 0.25) is 5.91 Å². The third-order valence-electron chi connectivity index (χ3n) is 2.82. The smallest absolute Gasteiger partial charge is 0.325 e. The van der Waals surface area contributed by atoms with Crippen LogP contribution in [-0.4, -0.2) is 5.91 Å². The molecule has 2 rings (SSSR count). The van der Waals surface area contributed by atoms with Crippen molar-refractivity contribution in [3.05, 3.63) is 64.4 Å². The molecule has 0 unspecified atom stereocenters. The molecule has 2 nitrogen and oxygen atoms in total. The third-order valence-corrected chi connectivity index (χ3v) is 3.14. The molecule has 7 heteroatoms. The van der Waals surface area contributed by atoms with Crippen molar-refractivity contribution in [3.63, 3.8) is 0 Å². The van der Waals surface area contributed by atoms with E-state index >= 15 is 0 Å². The minimum absolute atomic E-state index is 0.248. The molecule has 0 spiro atoms. The van der Waals surface area contributed by atoms with Gasteiger partial charge < -0.3 is 5.32 Å². The summed E-state index contributed by atoms with van der Waals surface area (Å²) in [5.74, 6) is -1.22. The molecule has 116 valence electrons. The molecule has 0 radical (unpaired) electrons. The Hall–Kier alpha value is -2.08. The Morgan fingerprint density at radius 2 is 1.82 bits per heavy atom. The van der Waals surface area contributed by atoms with Crippen molar-refractivity contribution in [2.24, 2.45) is 0 Å². The number of alkyl halides is 3. The van der Waals surface area contributed by atoms with Gasteiger partial charge in [0.05, 0.1) is 22.7 Å². The molecule has 1 amide bonds. The van der Waals surface area contributed by atoms with E-state index in [1.54, 1.807) is 0 Å². The van der Waals surface area contributed by atoms with Crippen molar-refractivity contribution >= 4 is 23.2 Å². The standard InChI is InChI=1S/C15H10ClF4NO/c16-11-5-2-6-12(14(11)15(18,19)20)21-13(22)8-9-3-1-4-10(17)7-9/h1-7H,8H2,(H,21,22). The van der Waals surface area contributed by atoms with Gasteiger partial charge in [0, 0.05) is 0 Å². The molecular formula is C15H10ClF4NO. The van der Waals surface area contributed by atoms with Crippen LogP contribution in [0.1, 0.15) is 11.1 Å². The molecular weight excluding hydrogens is 322 g/mol. The lowest BCUT2D eigenvalue weighted by Crippen LogP contribution is -2.18. The lowest BCUT2D eigenvalue weighted by atomic mass is 10.1. The van der Waals surface area contributed by atoms with E-state index in [4.69, 9.17) is 11.6 Å². The lowest BCUT2D eigenvalue weighted by molar-refractivity contribution is -0.136. The molecule has 1 N–H and O–H groups in total. The SMILES string of the molecule is O=C(Cc1cccc(F)c1)Nc1cccc(Cl)c1C(F)(F)F. The van der Waals surface area contributed by atoms with Crippen molar-refractivity contribution in [1.29, 1.82) is 0 Å². The molecule has 2 aromatic rings. The Kier molecular flexibility index (Phi) is 4.71. The van der Waals surface area contributed by atoms with Gasteiger partial charge in [-0.2, -0.15) is 13.2 Å². The van der Waals surface area contributed by atoms with Gasteiger partial charge in [-0.05, 0) is 29.8 Å². The number of nitrogens with one attached hydrogen (secondary N) is 1. The molecule has 0 bridgehead atoms. The Morgan fingerprint density at radius 3 is 2.45 bits per heavy atom. The normalized spacial score (nSPS) is 11.3. The summed E-state index contributed by atoms with van der Waals surface area (Å²) in [6, 6.07) is 8.77. The zero-order valence-corrected chi connectivity index (χ0v) is 11.8. The fourth-order valence-electron chi connectivity index (χ4n) is 1.94. The van der Waals surface area contributed by atoms with Gasteiger partial charge in [-0.15, -0.1) is 0 Å². The maximum absolute atomic E-state index is 13.0. The van der Waals surface area contributed by atoms with Gasteiger partial charge in [0.25, 0.3) is 0 Å². The molecule has 0 aliphatic heterocycles. The number of hydrogen-bond acceptors (Lipinski definition) is 1. The fourth-order valence-corrected chi connectivity index (χ4v) is 2.22. The zero-order chi connectivity index (χ0) is 16.3. The van der Waals surface area contributed by atoms with Crippen LogP contribution in [0.15, 0.2) is 42.5 Å². The molecule has 0 aromatic heterocycles. The van der Waals surface area contributed by atoms with Crippen LogP contribution in [0.2, 0.25) is 5.02 Å². The second-order valence-corrected chi connectivity index (χ2v) is 4.92. The van der Waals surface area contributed by atoms with Crippen LogP contribution in [-0.2, 0) is 17.4 Å². The first-order valence-corrected chi connectivity index (χ1v) is 6.55. The van der Waals surface area contributed by atoms with Gasteiger partial charge in [-0.1, -0.05) is 29.8 Å². The van der Waals surface area contributed by atoms with Crippen LogP contribution in [0, 0.1) is 5.82 Å². The summed E-state index contributed by atoms with van der Waals surface area (Å²) in [6.45, 7) is 0. The number of benzene rings is 2.